The van der Waals surface area contributed by atoms with Crippen molar-refractivity contribution in [2.75, 3.05) is 46.4 Å². The number of carbonyl (C=O) groups is 1. The summed E-state index contributed by atoms with van der Waals surface area (Å²) in [5, 5.41) is 4.26. The topological polar surface area (TPSA) is 57.7 Å². The van der Waals surface area contributed by atoms with Crippen LogP contribution in [0, 0.1) is 6.92 Å². The van der Waals surface area contributed by atoms with Gasteiger partial charge < -0.3 is 15.0 Å². The Kier molecular flexibility index (Phi) is 5.31. The molecular weight excluding hydrogens is 312 g/mol. The third-order valence-electron chi connectivity index (χ3n) is 4.83. The summed E-state index contributed by atoms with van der Waals surface area (Å²) in [5.74, 6) is 0.132. The standard InChI is InChI=1S/C16H26N4O2S/c1-11-14(23-15(18-11)12(2)22-3)16(21)20-7-4-13(10-20)19-8-5-17-6-9-19/h12-13,17H,4-10H2,1-3H3. The van der Waals surface area contributed by atoms with Crippen molar-refractivity contribution in [3.8, 4) is 0 Å². The zero-order valence-corrected chi connectivity index (χ0v) is 15.0. The maximum absolute atomic E-state index is 12.8. The number of aromatic nitrogens is 1. The van der Waals surface area contributed by atoms with Crippen LogP contribution in [-0.4, -0.2) is 73.1 Å². The number of ether oxygens (including phenoxy) is 1. The van der Waals surface area contributed by atoms with Crippen LogP contribution in [0.25, 0.3) is 0 Å². The lowest BCUT2D eigenvalue weighted by Gasteiger charge is -2.32. The zero-order chi connectivity index (χ0) is 16.4. The summed E-state index contributed by atoms with van der Waals surface area (Å²) in [7, 11) is 1.67. The van der Waals surface area contributed by atoms with Gasteiger partial charge in [-0.15, -0.1) is 11.3 Å². The molecule has 1 aromatic rings. The molecule has 0 saturated carbocycles. The lowest BCUT2D eigenvalue weighted by molar-refractivity contribution is 0.0777. The molecule has 0 radical (unpaired) electrons. The Balaban J connectivity index is 1.66. The van der Waals surface area contributed by atoms with E-state index in [1.54, 1.807) is 7.11 Å². The Morgan fingerprint density at radius 1 is 1.39 bits per heavy atom. The van der Waals surface area contributed by atoms with E-state index >= 15 is 0 Å². The van der Waals surface area contributed by atoms with Gasteiger partial charge in [0.05, 0.1) is 5.69 Å². The fraction of sp³-hybridized carbons (Fsp3) is 0.750. The molecule has 0 aromatic carbocycles. The molecule has 3 heterocycles. The van der Waals surface area contributed by atoms with Crippen LogP contribution in [-0.2, 0) is 4.74 Å². The summed E-state index contributed by atoms with van der Waals surface area (Å²) in [6, 6.07) is 0.506. The van der Waals surface area contributed by atoms with E-state index in [1.807, 2.05) is 18.7 Å². The van der Waals surface area contributed by atoms with Crippen LogP contribution in [0.2, 0.25) is 0 Å². The SMILES string of the molecule is COC(C)c1nc(C)c(C(=O)N2CCC(N3CCNCC3)C2)s1. The number of amides is 1. The van der Waals surface area contributed by atoms with Gasteiger partial charge in [-0.3, -0.25) is 9.69 Å². The monoisotopic (exact) mass is 338 g/mol. The van der Waals surface area contributed by atoms with Crippen LogP contribution in [0.4, 0.5) is 0 Å². The molecule has 0 aliphatic carbocycles. The van der Waals surface area contributed by atoms with Crippen molar-refractivity contribution in [1.29, 1.82) is 0 Å². The van der Waals surface area contributed by atoms with Crippen molar-refractivity contribution in [2.45, 2.75) is 32.4 Å². The molecule has 23 heavy (non-hydrogen) atoms. The van der Waals surface area contributed by atoms with Gasteiger partial charge in [0.2, 0.25) is 0 Å². The molecule has 2 saturated heterocycles. The Morgan fingerprint density at radius 3 is 2.83 bits per heavy atom. The van der Waals surface area contributed by atoms with Crippen molar-refractivity contribution in [2.24, 2.45) is 0 Å². The first-order chi connectivity index (χ1) is 11.1. The van der Waals surface area contributed by atoms with Crippen LogP contribution in [0.15, 0.2) is 0 Å². The first-order valence-electron chi connectivity index (χ1n) is 8.34. The van der Waals surface area contributed by atoms with Crippen LogP contribution >= 0.6 is 11.3 Å². The number of nitrogens with one attached hydrogen (secondary N) is 1. The van der Waals surface area contributed by atoms with E-state index in [1.165, 1.54) is 11.3 Å². The van der Waals surface area contributed by atoms with E-state index in [9.17, 15) is 4.79 Å². The van der Waals surface area contributed by atoms with Crippen LogP contribution in [0.3, 0.4) is 0 Å². The highest BCUT2D eigenvalue weighted by molar-refractivity contribution is 7.13. The summed E-state index contributed by atoms with van der Waals surface area (Å²) in [6.07, 6.45) is 1.01. The molecule has 2 unspecified atom stereocenters. The number of thiazole rings is 1. The van der Waals surface area contributed by atoms with Crippen molar-refractivity contribution < 1.29 is 9.53 Å². The highest BCUT2D eigenvalue weighted by atomic mass is 32.1. The third kappa shape index (κ3) is 3.57. The van der Waals surface area contributed by atoms with Crippen LogP contribution < -0.4 is 5.32 Å². The summed E-state index contributed by atoms with van der Waals surface area (Å²) < 4.78 is 5.32. The summed E-state index contributed by atoms with van der Waals surface area (Å²) in [5.41, 5.74) is 0.824. The van der Waals surface area contributed by atoms with Gasteiger partial charge in [0.1, 0.15) is 16.0 Å². The second-order valence-corrected chi connectivity index (χ2v) is 7.35. The molecule has 0 spiro atoms. The van der Waals surface area contributed by atoms with Gasteiger partial charge in [-0.25, -0.2) is 4.98 Å². The molecule has 2 atom stereocenters. The zero-order valence-electron chi connectivity index (χ0n) is 14.2. The summed E-state index contributed by atoms with van der Waals surface area (Å²) >= 11 is 1.47. The molecule has 1 N–H and O–H groups in total. The molecule has 2 aliphatic rings. The molecular formula is C16H26N4O2S. The minimum Gasteiger partial charge on any atom is -0.375 e. The highest BCUT2D eigenvalue weighted by Crippen LogP contribution is 2.28. The van der Waals surface area contributed by atoms with Gasteiger partial charge in [-0.2, -0.15) is 0 Å². The molecule has 1 amide bonds. The minimum absolute atomic E-state index is 0.0626. The Bertz CT molecular complexity index is 556. The fourth-order valence-corrected chi connectivity index (χ4v) is 4.37. The van der Waals surface area contributed by atoms with E-state index in [0.29, 0.717) is 6.04 Å². The molecule has 128 valence electrons. The van der Waals surface area contributed by atoms with E-state index in [4.69, 9.17) is 4.74 Å². The molecule has 2 fully saturated rings. The second-order valence-electron chi connectivity index (χ2n) is 6.32. The Morgan fingerprint density at radius 2 is 2.13 bits per heavy atom. The largest absolute Gasteiger partial charge is 0.375 e. The molecule has 1 aromatic heterocycles. The predicted octanol–water partition coefficient (Wildman–Crippen LogP) is 1.28. The summed E-state index contributed by atoms with van der Waals surface area (Å²) in [6.45, 7) is 9.84. The average molecular weight is 338 g/mol. The lowest BCUT2D eigenvalue weighted by atomic mass is 10.2. The van der Waals surface area contributed by atoms with Crippen molar-refractivity contribution in [1.82, 2.24) is 20.1 Å². The lowest BCUT2D eigenvalue weighted by Crippen LogP contribution is -2.49. The number of nitrogens with zero attached hydrogens (tertiary/aromatic N) is 3. The quantitative estimate of drug-likeness (QED) is 0.896. The van der Waals surface area contributed by atoms with Gasteiger partial charge in [-0.05, 0) is 20.3 Å². The van der Waals surface area contributed by atoms with Gasteiger partial charge in [-0.1, -0.05) is 0 Å². The maximum Gasteiger partial charge on any atom is 0.265 e. The number of piperazine rings is 1. The van der Waals surface area contributed by atoms with E-state index in [-0.39, 0.29) is 12.0 Å². The van der Waals surface area contributed by atoms with Crippen LogP contribution in [0.1, 0.15) is 39.8 Å². The number of rotatable bonds is 4. The van der Waals surface area contributed by atoms with Crippen LogP contribution in [0.5, 0.6) is 0 Å². The van der Waals surface area contributed by atoms with Gasteiger partial charge in [0.15, 0.2) is 0 Å². The average Bonchev–Trinajstić information content (AvgIpc) is 3.21. The molecule has 2 aliphatic heterocycles. The van der Waals surface area contributed by atoms with E-state index in [0.717, 1.165) is 61.3 Å². The number of hydrogen-bond acceptors (Lipinski definition) is 6. The number of aryl methyl sites for hydroxylation is 1. The molecule has 0 bridgehead atoms. The Hall–Kier alpha value is -1.02. The van der Waals surface area contributed by atoms with Crippen molar-refractivity contribution in [3.05, 3.63) is 15.6 Å². The maximum atomic E-state index is 12.8. The highest BCUT2D eigenvalue weighted by Gasteiger charge is 2.33. The van der Waals surface area contributed by atoms with E-state index < -0.39 is 0 Å². The minimum atomic E-state index is -0.0626. The normalized spacial score (nSPS) is 24.1. The number of hydrogen-bond donors (Lipinski definition) is 1. The van der Waals surface area contributed by atoms with Gasteiger partial charge >= 0.3 is 0 Å². The van der Waals surface area contributed by atoms with Gasteiger partial charge in [0.25, 0.3) is 5.91 Å². The third-order valence-corrected chi connectivity index (χ3v) is 6.13. The Labute approximate surface area is 141 Å². The van der Waals surface area contributed by atoms with Gasteiger partial charge in [0, 0.05) is 52.4 Å². The summed E-state index contributed by atoms with van der Waals surface area (Å²) in [4.78, 5) is 22.6. The first kappa shape index (κ1) is 16.8. The van der Waals surface area contributed by atoms with E-state index in [2.05, 4.69) is 15.2 Å². The van der Waals surface area contributed by atoms with Crippen molar-refractivity contribution in [3.63, 3.8) is 0 Å². The molecule has 7 heteroatoms. The number of carbonyl (C=O) groups excluding carboxylic acids is 1. The smallest absolute Gasteiger partial charge is 0.265 e. The first-order valence-corrected chi connectivity index (χ1v) is 9.16. The number of likely N-dealkylation sites (tertiary alicyclic amines) is 1. The molecule has 6 nitrogen and oxygen atoms in total. The predicted molar refractivity (Wildman–Crippen MR) is 91.0 cm³/mol. The molecule has 3 rings (SSSR count). The number of methoxy groups -OCH3 is 1. The van der Waals surface area contributed by atoms with Crippen molar-refractivity contribution >= 4 is 17.2 Å². The fourth-order valence-electron chi connectivity index (χ4n) is 3.31. The second kappa shape index (κ2) is 7.25.